The van der Waals surface area contributed by atoms with Crippen molar-refractivity contribution in [3.8, 4) is 0 Å². The van der Waals surface area contributed by atoms with E-state index in [-0.39, 0.29) is 6.61 Å². The van der Waals surface area contributed by atoms with Gasteiger partial charge in [-0.15, -0.1) is 0 Å². The predicted molar refractivity (Wildman–Crippen MR) is 96.3 cm³/mol. The van der Waals surface area contributed by atoms with E-state index in [1.165, 1.54) is 6.20 Å². The van der Waals surface area contributed by atoms with Gasteiger partial charge in [-0.1, -0.05) is 12.1 Å². The van der Waals surface area contributed by atoms with Crippen molar-refractivity contribution in [1.82, 2.24) is 24.7 Å². The summed E-state index contributed by atoms with van der Waals surface area (Å²) in [5.41, 5.74) is 8.52. The molecular weight excluding hydrogens is 332 g/mol. The van der Waals surface area contributed by atoms with Crippen molar-refractivity contribution in [2.75, 3.05) is 5.73 Å². The first-order valence-corrected chi connectivity index (χ1v) is 8.00. The topological polar surface area (TPSA) is 109 Å². The minimum atomic E-state index is -0.502. The van der Waals surface area contributed by atoms with Crippen LogP contribution in [0, 0.1) is 6.92 Å². The van der Waals surface area contributed by atoms with E-state index in [4.69, 9.17) is 10.5 Å². The predicted octanol–water partition coefficient (Wildman–Crippen LogP) is 2.16. The number of esters is 1. The number of aryl methyl sites for hydroxylation is 2. The van der Waals surface area contributed by atoms with Crippen molar-refractivity contribution in [1.29, 1.82) is 0 Å². The van der Waals surface area contributed by atoms with E-state index in [0.717, 1.165) is 16.5 Å². The molecule has 4 aromatic rings. The molecular formula is C18H16N6O2. The molecule has 1 aromatic carbocycles. The van der Waals surface area contributed by atoms with Crippen LogP contribution in [0.15, 0.2) is 36.5 Å². The molecule has 0 aliphatic heterocycles. The molecule has 0 radical (unpaired) electrons. The van der Waals surface area contributed by atoms with Gasteiger partial charge in [0.05, 0.1) is 16.8 Å². The first-order valence-electron chi connectivity index (χ1n) is 8.00. The number of benzene rings is 1. The third-order valence-electron chi connectivity index (χ3n) is 4.11. The van der Waals surface area contributed by atoms with E-state index in [1.54, 1.807) is 10.7 Å². The highest BCUT2D eigenvalue weighted by Gasteiger charge is 2.14. The lowest BCUT2D eigenvalue weighted by Crippen LogP contribution is -2.09. The summed E-state index contributed by atoms with van der Waals surface area (Å²) in [5, 5.41) is 5.87. The maximum Gasteiger partial charge on any atom is 0.340 e. The fourth-order valence-corrected chi connectivity index (χ4v) is 2.85. The summed E-state index contributed by atoms with van der Waals surface area (Å²) in [5.74, 6) is 0.204. The van der Waals surface area contributed by atoms with E-state index in [2.05, 4.69) is 20.1 Å². The van der Waals surface area contributed by atoms with Crippen molar-refractivity contribution < 1.29 is 9.53 Å². The number of para-hydroxylation sites is 1. The number of rotatable bonds is 3. The summed E-state index contributed by atoms with van der Waals surface area (Å²) < 4.78 is 7.00. The number of pyridine rings is 1. The number of hydrogen-bond acceptors (Lipinski definition) is 7. The Kier molecular flexibility index (Phi) is 3.72. The van der Waals surface area contributed by atoms with E-state index < -0.39 is 5.97 Å². The zero-order valence-electron chi connectivity index (χ0n) is 14.3. The highest BCUT2D eigenvalue weighted by atomic mass is 16.5. The van der Waals surface area contributed by atoms with Gasteiger partial charge in [-0.25, -0.2) is 19.7 Å². The molecule has 26 heavy (non-hydrogen) atoms. The van der Waals surface area contributed by atoms with E-state index in [9.17, 15) is 4.79 Å². The molecule has 0 aliphatic rings. The summed E-state index contributed by atoms with van der Waals surface area (Å²) in [4.78, 5) is 25.2. The van der Waals surface area contributed by atoms with Crippen LogP contribution in [-0.4, -0.2) is 30.7 Å². The van der Waals surface area contributed by atoms with Gasteiger partial charge in [0.15, 0.2) is 18.1 Å². The lowest BCUT2D eigenvalue weighted by Gasteiger charge is -2.07. The van der Waals surface area contributed by atoms with E-state index in [0.29, 0.717) is 28.4 Å². The molecule has 0 fully saturated rings. The Balaban J connectivity index is 1.56. The van der Waals surface area contributed by atoms with Gasteiger partial charge >= 0.3 is 5.97 Å². The maximum absolute atomic E-state index is 12.4. The quantitative estimate of drug-likeness (QED) is 0.565. The highest BCUT2D eigenvalue weighted by molar-refractivity contribution is 5.93. The van der Waals surface area contributed by atoms with Gasteiger partial charge in [-0.05, 0) is 25.1 Å². The van der Waals surface area contributed by atoms with Crippen LogP contribution in [0.1, 0.15) is 21.9 Å². The van der Waals surface area contributed by atoms with Crippen LogP contribution >= 0.6 is 0 Å². The van der Waals surface area contributed by atoms with Crippen molar-refractivity contribution in [3.63, 3.8) is 0 Å². The Morgan fingerprint density at radius 2 is 2.04 bits per heavy atom. The van der Waals surface area contributed by atoms with Crippen molar-refractivity contribution in [2.45, 2.75) is 13.5 Å². The number of anilines is 1. The van der Waals surface area contributed by atoms with E-state index in [1.807, 2.05) is 38.2 Å². The second kappa shape index (κ2) is 6.07. The molecule has 3 aromatic heterocycles. The normalized spacial score (nSPS) is 11.2. The molecule has 0 unspecified atom stereocenters. The first-order chi connectivity index (χ1) is 12.5. The van der Waals surface area contributed by atoms with Crippen LogP contribution in [0.25, 0.3) is 21.9 Å². The van der Waals surface area contributed by atoms with Crippen LogP contribution in [0.2, 0.25) is 0 Å². The van der Waals surface area contributed by atoms with Crippen molar-refractivity contribution in [2.24, 2.45) is 7.05 Å². The number of nitrogen functional groups attached to an aromatic ring is 1. The second-order valence-corrected chi connectivity index (χ2v) is 5.92. The number of hydrogen-bond donors (Lipinski definition) is 1. The molecule has 0 saturated carbocycles. The second-order valence-electron chi connectivity index (χ2n) is 5.92. The van der Waals surface area contributed by atoms with Gasteiger partial charge in [0, 0.05) is 24.0 Å². The molecule has 0 saturated heterocycles. The van der Waals surface area contributed by atoms with Crippen molar-refractivity contribution >= 4 is 33.7 Å². The number of fused-ring (bicyclic) bond motifs is 2. The highest BCUT2D eigenvalue weighted by Crippen LogP contribution is 2.19. The maximum atomic E-state index is 12.4. The molecule has 0 amide bonds. The number of carbonyl (C=O) groups is 1. The van der Waals surface area contributed by atoms with Crippen molar-refractivity contribution in [3.05, 3.63) is 53.6 Å². The number of carbonyl (C=O) groups excluding carboxylic acids is 1. The number of nitrogens with two attached hydrogens (primary N) is 1. The van der Waals surface area contributed by atoms with Crippen LogP contribution < -0.4 is 5.73 Å². The summed E-state index contributed by atoms with van der Waals surface area (Å²) in [7, 11) is 1.81. The minimum absolute atomic E-state index is 0.0715. The first kappa shape index (κ1) is 15.9. The largest absolute Gasteiger partial charge is 0.454 e. The minimum Gasteiger partial charge on any atom is -0.454 e. The Labute approximate surface area is 148 Å². The van der Waals surface area contributed by atoms with Gasteiger partial charge in [0.1, 0.15) is 5.82 Å². The Hall–Kier alpha value is -3.55. The van der Waals surface area contributed by atoms with Gasteiger partial charge < -0.3 is 10.5 Å². The zero-order valence-corrected chi connectivity index (χ0v) is 14.3. The average Bonchev–Trinajstić information content (AvgIpc) is 2.93. The van der Waals surface area contributed by atoms with Gasteiger partial charge in [-0.2, -0.15) is 5.10 Å². The third-order valence-corrected chi connectivity index (χ3v) is 4.11. The summed E-state index contributed by atoms with van der Waals surface area (Å²) in [6, 6.07) is 9.13. The lowest BCUT2D eigenvalue weighted by atomic mass is 10.2. The molecule has 8 heteroatoms. The van der Waals surface area contributed by atoms with Crippen LogP contribution in [0.3, 0.4) is 0 Å². The summed E-state index contributed by atoms with van der Waals surface area (Å²) >= 11 is 0. The molecule has 8 nitrogen and oxygen atoms in total. The average molecular weight is 348 g/mol. The standard InChI is InChI=1S/C18H16N6O2/c1-10-13-7-11(8-20-17(13)24(2)23-10)18(25)26-9-15-21-14-6-4-3-5-12(14)16(19)22-15/h3-8H,9H2,1-2H3,(H2,19,21,22). The van der Waals surface area contributed by atoms with Gasteiger partial charge in [0.2, 0.25) is 0 Å². The fourth-order valence-electron chi connectivity index (χ4n) is 2.85. The monoisotopic (exact) mass is 348 g/mol. The Bertz CT molecular complexity index is 1150. The van der Waals surface area contributed by atoms with Crippen LogP contribution in [-0.2, 0) is 18.4 Å². The molecule has 4 rings (SSSR count). The molecule has 0 spiro atoms. The van der Waals surface area contributed by atoms with Crippen LogP contribution in [0.4, 0.5) is 5.82 Å². The third kappa shape index (κ3) is 2.71. The smallest absolute Gasteiger partial charge is 0.340 e. The number of ether oxygens (including phenoxy) is 1. The zero-order chi connectivity index (χ0) is 18.3. The number of nitrogens with zero attached hydrogens (tertiary/aromatic N) is 5. The number of aromatic nitrogens is 5. The molecule has 3 heterocycles. The lowest BCUT2D eigenvalue weighted by molar-refractivity contribution is 0.0462. The van der Waals surface area contributed by atoms with Crippen LogP contribution in [0.5, 0.6) is 0 Å². The Morgan fingerprint density at radius 3 is 2.88 bits per heavy atom. The molecule has 0 aliphatic carbocycles. The molecule has 0 atom stereocenters. The van der Waals surface area contributed by atoms with Gasteiger partial charge in [-0.3, -0.25) is 4.68 Å². The summed E-state index contributed by atoms with van der Waals surface area (Å²) in [6.07, 6.45) is 1.47. The fraction of sp³-hybridized carbons (Fsp3) is 0.167. The Morgan fingerprint density at radius 1 is 1.23 bits per heavy atom. The van der Waals surface area contributed by atoms with Gasteiger partial charge in [0.25, 0.3) is 0 Å². The molecule has 2 N–H and O–H groups in total. The molecule has 130 valence electrons. The van der Waals surface area contributed by atoms with E-state index >= 15 is 0 Å². The molecule has 0 bridgehead atoms. The SMILES string of the molecule is Cc1nn(C)c2ncc(C(=O)OCc3nc(N)c4ccccc4n3)cc12. The summed E-state index contributed by atoms with van der Waals surface area (Å²) in [6.45, 7) is 1.79.